The molecule has 3 atom stereocenters. The molecule has 1 aromatic carbocycles. The fourth-order valence-corrected chi connectivity index (χ4v) is 3.22. The molecule has 0 spiro atoms. The van der Waals surface area contributed by atoms with E-state index in [0.717, 1.165) is 0 Å². The molecule has 3 rings (SSSR count). The van der Waals surface area contributed by atoms with Crippen molar-refractivity contribution in [3.8, 4) is 0 Å². The molecule has 1 aromatic rings. The zero-order valence-corrected chi connectivity index (χ0v) is 12.6. The van der Waals surface area contributed by atoms with Crippen LogP contribution in [0.4, 0.5) is 4.39 Å². The van der Waals surface area contributed by atoms with Gasteiger partial charge in [0.2, 0.25) is 5.91 Å². The number of nitrogens with zero attached hydrogens (tertiary/aromatic N) is 1. The maximum Gasteiger partial charge on any atom is 0.307 e. The predicted octanol–water partition coefficient (Wildman–Crippen LogP) is 1.97. The lowest BCUT2D eigenvalue weighted by Gasteiger charge is -2.32. The SMILES string of the molecule is O=C(c1ccc(F)cc1)C1CCCN(C(=O)C2CC2C(=O)O)C1. The number of carboxylic acid groups (broad SMARTS) is 1. The molecule has 1 aliphatic heterocycles. The summed E-state index contributed by atoms with van der Waals surface area (Å²) in [5.74, 6) is -2.89. The summed E-state index contributed by atoms with van der Waals surface area (Å²) >= 11 is 0. The number of halogens is 1. The number of likely N-dealkylation sites (tertiary alicyclic amines) is 1. The predicted molar refractivity (Wildman–Crippen MR) is 79.3 cm³/mol. The number of piperidine rings is 1. The summed E-state index contributed by atoms with van der Waals surface area (Å²) in [5.41, 5.74) is 0.445. The summed E-state index contributed by atoms with van der Waals surface area (Å²) in [7, 11) is 0. The molecule has 6 heteroatoms. The molecule has 1 N–H and O–H groups in total. The number of ketones is 1. The van der Waals surface area contributed by atoms with Gasteiger partial charge in [-0.15, -0.1) is 0 Å². The van der Waals surface area contributed by atoms with Crippen LogP contribution in [0.2, 0.25) is 0 Å². The molecule has 0 bridgehead atoms. The van der Waals surface area contributed by atoms with Gasteiger partial charge in [-0.25, -0.2) is 4.39 Å². The summed E-state index contributed by atoms with van der Waals surface area (Å²) < 4.78 is 12.9. The fourth-order valence-electron chi connectivity index (χ4n) is 3.22. The number of benzene rings is 1. The molecule has 23 heavy (non-hydrogen) atoms. The first kappa shape index (κ1) is 15.6. The number of hydrogen-bond acceptors (Lipinski definition) is 3. The van der Waals surface area contributed by atoms with Crippen molar-refractivity contribution in [2.75, 3.05) is 13.1 Å². The quantitative estimate of drug-likeness (QED) is 0.861. The zero-order chi connectivity index (χ0) is 16.6. The standard InChI is InChI=1S/C17H18FNO4/c18-12-5-3-10(4-6-12)15(20)11-2-1-7-19(9-11)16(21)13-8-14(13)17(22)23/h3-6,11,13-14H,1-2,7-9H2,(H,22,23). The average molecular weight is 319 g/mol. The molecule has 2 aliphatic rings. The summed E-state index contributed by atoms with van der Waals surface area (Å²) in [6.45, 7) is 0.882. The van der Waals surface area contributed by atoms with Crippen LogP contribution in [-0.2, 0) is 9.59 Å². The van der Waals surface area contributed by atoms with Crippen molar-refractivity contribution in [2.24, 2.45) is 17.8 Å². The third kappa shape index (κ3) is 3.25. The topological polar surface area (TPSA) is 74.7 Å². The second kappa shape index (κ2) is 6.10. The van der Waals surface area contributed by atoms with Gasteiger partial charge in [-0.1, -0.05) is 0 Å². The maximum absolute atomic E-state index is 12.9. The van der Waals surface area contributed by atoms with Crippen LogP contribution in [0, 0.1) is 23.6 Å². The average Bonchev–Trinajstić information content (AvgIpc) is 3.35. The minimum atomic E-state index is -0.931. The molecule has 122 valence electrons. The molecular formula is C17H18FNO4. The number of Topliss-reactive ketones (excluding diaryl/α,β-unsaturated/α-hetero) is 1. The first-order chi connectivity index (χ1) is 11.0. The van der Waals surface area contributed by atoms with Gasteiger partial charge in [0.15, 0.2) is 5.78 Å². The van der Waals surface area contributed by atoms with E-state index in [1.165, 1.54) is 24.3 Å². The first-order valence-electron chi connectivity index (χ1n) is 7.78. The highest BCUT2D eigenvalue weighted by molar-refractivity contribution is 5.98. The number of carbonyl (C=O) groups excluding carboxylic acids is 2. The lowest BCUT2D eigenvalue weighted by atomic mass is 9.89. The van der Waals surface area contributed by atoms with E-state index in [1.807, 2.05) is 0 Å². The van der Waals surface area contributed by atoms with E-state index < -0.39 is 23.6 Å². The number of rotatable bonds is 4. The van der Waals surface area contributed by atoms with Gasteiger partial charge in [0.1, 0.15) is 5.82 Å². The van der Waals surface area contributed by atoms with Crippen molar-refractivity contribution in [3.05, 3.63) is 35.6 Å². The number of hydrogen-bond donors (Lipinski definition) is 1. The molecule has 1 aliphatic carbocycles. The third-order valence-corrected chi connectivity index (χ3v) is 4.66. The number of carboxylic acids is 1. The maximum atomic E-state index is 12.9. The van der Waals surface area contributed by atoms with E-state index in [0.29, 0.717) is 37.9 Å². The van der Waals surface area contributed by atoms with Crippen molar-refractivity contribution >= 4 is 17.7 Å². The van der Waals surface area contributed by atoms with Crippen LogP contribution in [0.15, 0.2) is 24.3 Å². The van der Waals surface area contributed by atoms with Gasteiger partial charge in [0, 0.05) is 24.6 Å². The van der Waals surface area contributed by atoms with Crippen molar-refractivity contribution in [1.29, 1.82) is 0 Å². The van der Waals surface area contributed by atoms with Crippen LogP contribution in [0.3, 0.4) is 0 Å². The normalized spacial score (nSPS) is 26.7. The largest absolute Gasteiger partial charge is 0.481 e. The lowest BCUT2D eigenvalue weighted by Crippen LogP contribution is -2.43. The Morgan fingerprint density at radius 1 is 1.13 bits per heavy atom. The number of amides is 1. The van der Waals surface area contributed by atoms with E-state index >= 15 is 0 Å². The zero-order valence-electron chi connectivity index (χ0n) is 12.6. The fraction of sp³-hybridized carbons (Fsp3) is 0.471. The molecule has 1 amide bonds. The second-order valence-corrected chi connectivity index (χ2v) is 6.28. The molecule has 0 aromatic heterocycles. The Labute approximate surface area is 133 Å². The molecule has 1 saturated heterocycles. The summed E-state index contributed by atoms with van der Waals surface area (Å²) in [6, 6.07) is 5.42. The van der Waals surface area contributed by atoms with E-state index in [2.05, 4.69) is 0 Å². The molecule has 1 heterocycles. The van der Waals surface area contributed by atoms with Gasteiger partial charge >= 0.3 is 5.97 Å². The monoisotopic (exact) mass is 319 g/mol. The van der Waals surface area contributed by atoms with Crippen molar-refractivity contribution in [2.45, 2.75) is 19.3 Å². The molecule has 2 fully saturated rings. The van der Waals surface area contributed by atoms with Crippen molar-refractivity contribution in [1.82, 2.24) is 4.90 Å². The summed E-state index contributed by atoms with van der Waals surface area (Å²) in [4.78, 5) is 37.3. The van der Waals surface area contributed by atoms with Gasteiger partial charge in [-0.2, -0.15) is 0 Å². The van der Waals surface area contributed by atoms with Crippen molar-refractivity contribution in [3.63, 3.8) is 0 Å². The Kier molecular flexibility index (Phi) is 4.15. The van der Waals surface area contributed by atoms with Gasteiger partial charge < -0.3 is 10.0 Å². The smallest absolute Gasteiger partial charge is 0.307 e. The van der Waals surface area contributed by atoms with Crippen LogP contribution >= 0.6 is 0 Å². The molecule has 5 nitrogen and oxygen atoms in total. The Morgan fingerprint density at radius 3 is 2.43 bits per heavy atom. The Morgan fingerprint density at radius 2 is 1.83 bits per heavy atom. The highest BCUT2D eigenvalue weighted by Crippen LogP contribution is 2.40. The minimum Gasteiger partial charge on any atom is -0.481 e. The Bertz CT molecular complexity index is 642. The Balaban J connectivity index is 1.64. The third-order valence-electron chi connectivity index (χ3n) is 4.66. The number of carbonyl (C=O) groups is 3. The van der Waals surface area contributed by atoms with E-state index in [9.17, 15) is 18.8 Å². The van der Waals surface area contributed by atoms with E-state index in [4.69, 9.17) is 5.11 Å². The van der Waals surface area contributed by atoms with Crippen LogP contribution in [0.25, 0.3) is 0 Å². The summed E-state index contributed by atoms with van der Waals surface area (Å²) in [5, 5.41) is 8.93. The van der Waals surface area contributed by atoms with Crippen LogP contribution < -0.4 is 0 Å². The molecule has 3 unspecified atom stereocenters. The Hall–Kier alpha value is -2.24. The van der Waals surface area contributed by atoms with Gasteiger partial charge in [0.25, 0.3) is 0 Å². The van der Waals surface area contributed by atoms with Gasteiger partial charge in [-0.3, -0.25) is 14.4 Å². The van der Waals surface area contributed by atoms with Crippen LogP contribution in [0.5, 0.6) is 0 Å². The van der Waals surface area contributed by atoms with Gasteiger partial charge in [-0.05, 0) is 43.5 Å². The first-order valence-corrected chi connectivity index (χ1v) is 7.78. The summed E-state index contributed by atoms with van der Waals surface area (Å²) in [6.07, 6.45) is 1.79. The second-order valence-electron chi connectivity index (χ2n) is 6.28. The van der Waals surface area contributed by atoms with Crippen molar-refractivity contribution < 1.29 is 23.9 Å². The molecular weight excluding hydrogens is 301 g/mol. The molecule has 0 radical (unpaired) electrons. The lowest BCUT2D eigenvalue weighted by molar-refractivity contribution is -0.142. The highest BCUT2D eigenvalue weighted by Gasteiger charge is 2.50. The van der Waals surface area contributed by atoms with E-state index in [-0.39, 0.29) is 17.6 Å². The number of aliphatic carboxylic acids is 1. The molecule has 1 saturated carbocycles. The minimum absolute atomic E-state index is 0.0897. The highest BCUT2D eigenvalue weighted by atomic mass is 19.1. The van der Waals surface area contributed by atoms with E-state index in [1.54, 1.807) is 4.90 Å². The van der Waals surface area contributed by atoms with Crippen LogP contribution in [-0.4, -0.2) is 40.8 Å². The van der Waals surface area contributed by atoms with Crippen LogP contribution in [0.1, 0.15) is 29.6 Å². The van der Waals surface area contributed by atoms with Gasteiger partial charge in [0.05, 0.1) is 11.8 Å².